The lowest BCUT2D eigenvalue weighted by Gasteiger charge is -2.07. The Hall–Kier alpha value is -0.990. The summed E-state index contributed by atoms with van der Waals surface area (Å²) in [6, 6.07) is 0. The summed E-state index contributed by atoms with van der Waals surface area (Å²) in [7, 11) is 0. The largest absolute Gasteiger partial charge is 0.427 e. The average Bonchev–Trinajstić information content (AvgIpc) is 2.25. The van der Waals surface area contributed by atoms with Gasteiger partial charge in [0.1, 0.15) is 4.88 Å². The predicted molar refractivity (Wildman–Crippen MR) is 41.3 cm³/mol. The van der Waals surface area contributed by atoms with Gasteiger partial charge in [0.15, 0.2) is 5.13 Å². The van der Waals surface area contributed by atoms with E-state index in [0.29, 0.717) is 0 Å². The first kappa shape index (κ1) is 12.1. The van der Waals surface area contributed by atoms with Crippen LogP contribution >= 0.6 is 11.3 Å². The summed E-state index contributed by atoms with van der Waals surface area (Å²) in [6.45, 7) is 0. The Morgan fingerprint density at radius 1 is 1.13 bits per heavy atom. The summed E-state index contributed by atoms with van der Waals surface area (Å²) in [6.07, 6.45) is -11.3. The number of hydrogen-bond acceptors (Lipinski definition) is 3. The first-order valence-electron chi connectivity index (χ1n) is 3.49. The number of halogens is 6. The highest BCUT2D eigenvalue weighted by Crippen LogP contribution is 2.39. The van der Waals surface area contributed by atoms with Crippen molar-refractivity contribution in [1.82, 2.24) is 4.98 Å². The van der Waals surface area contributed by atoms with Gasteiger partial charge in [-0.15, -0.1) is 0 Å². The van der Waals surface area contributed by atoms with Crippen LogP contribution in [0.5, 0.6) is 0 Å². The Balaban J connectivity index is 3.08. The van der Waals surface area contributed by atoms with E-state index in [4.69, 9.17) is 5.73 Å². The zero-order valence-corrected chi connectivity index (χ0v) is 7.72. The lowest BCUT2D eigenvalue weighted by molar-refractivity contribution is -0.141. The third-order valence-electron chi connectivity index (χ3n) is 1.34. The summed E-state index contributed by atoms with van der Waals surface area (Å²) in [5, 5.41) is -0.526. The van der Waals surface area contributed by atoms with Gasteiger partial charge in [0.05, 0.1) is 12.1 Å². The minimum Gasteiger partial charge on any atom is -0.375 e. The average molecular weight is 250 g/mol. The van der Waals surface area contributed by atoms with E-state index in [1.54, 1.807) is 0 Å². The molecule has 0 radical (unpaired) electrons. The zero-order valence-electron chi connectivity index (χ0n) is 6.91. The van der Waals surface area contributed by atoms with Crippen molar-refractivity contribution in [3.8, 4) is 0 Å². The number of nitrogen functional groups attached to an aromatic ring is 1. The van der Waals surface area contributed by atoms with Gasteiger partial charge in [0, 0.05) is 0 Å². The molecule has 0 aliphatic heterocycles. The van der Waals surface area contributed by atoms with Gasteiger partial charge >= 0.3 is 12.4 Å². The molecule has 9 heteroatoms. The molecule has 0 amide bonds. The van der Waals surface area contributed by atoms with Crippen molar-refractivity contribution in [1.29, 1.82) is 0 Å². The third-order valence-corrected chi connectivity index (χ3v) is 2.31. The van der Waals surface area contributed by atoms with Crippen LogP contribution in [-0.4, -0.2) is 11.2 Å². The lowest BCUT2D eigenvalue weighted by Crippen LogP contribution is -2.16. The van der Waals surface area contributed by atoms with E-state index in [0.717, 1.165) is 0 Å². The second kappa shape index (κ2) is 3.54. The van der Waals surface area contributed by atoms with Gasteiger partial charge in [0.25, 0.3) is 0 Å². The number of nitrogens with two attached hydrogens (primary N) is 1. The monoisotopic (exact) mass is 250 g/mol. The van der Waals surface area contributed by atoms with Crippen LogP contribution in [0, 0.1) is 0 Å². The molecule has 86 valence electrons. The second-order valence-corrected chi connectivity index (χ2v) is 3.65. The normalized spacial score (nSPS) is 13.2. The second-order valence-electron chi connectivity index (χ2n) is 2.62. The molecule has 0 aromatic carbocycles. The fraction of sp³-hybridized carbons (Fsp3) is 0.500. The molecule has 0 aliphatic rings. The van der Waals surface area contributed by atoms with Crippen LogP contribution in [0.1, 0.15) is 10.6 Å². The van der Waals surface area contributed by atoms with Gasteiger partial charge in [-0.1, -0.05) is 11.3 Å². The number of nitrogens with zero attached hydrogens (tertiary/aromatic N) is 1. The minimum atomic E-state index is -4.85. The maximum Gasteiger partial charge on any atom is 0.427 e. The fourth-order valence-electron chi connectivity index (χ4n) is 0.901. The smallest absolute Gasteiger partial charge is 0.375 e. The molecule has 1 aromatic rings. The van der Waals surface area contributed by atoms with E-state index in [9.17, 15) is 26.3 Å². The lowest BCUT2D eigenvalue weighted by atomic mass is 10.2. The summed E-state index contributed by atoms with van der Waals surface area (Å²) < 4.78 is 72.2. The van der Waals surface area contributed by atoms with E-state index in [-0.39, 0.29) is 11.3 Å². The first-order valence-corrected chi connectivity index (χ1v) is 4.30. The van der Waals surface area contributed by atoms with Crippen LogP contribution in [0.25, 0.3) is 0 Å². The van der Waals surface area contributed by atoms with Crippen LogP contribution < -0.4 is 5.73 Å². The molecule has 0 saturated carbocycles. The maximum atomic E-state index is 12.2. The third kappa shape index (κ3) is 3.26. The molecule has 0 saturated heterocycles. The van der Waals surface area contributed by atoms with Gasteiger partial charge in [-0.2, -0.15) is 26.3 Å². The van der Waals surface area contributed by atoms with E-state index >= 15 is 0 Å². The number of hydrogen-bond donors (Lipinski definition) is 1. The van der Waals surface area contributed by atoms with Gasteiger partial charge in [-0.3, -0.25) is 0 Å². The molecule has 1 rings (SSSR count). The molecule has 0 fully saturated rings. The van der Waals surface area contributed by atoms with E-state index < -0.39 is 34.5 Å². The Morgan fingerprint density at radius 2 is 1.67 bits per heavy atom. The molecule has 1 heterocycles. The van der Waals surface area contributed by atoms with Gasteiger partial charge in [0.2, 0.25) is 0 Å². The summed E-state index contributed by atoms with van der Waals surface area (Å²) in [4.78, 5) is 1.63. The van der Waals surface area contributed by atoms with Crippen molar-refractivity contribution < 1.29 is 26.3 Å². The molecular weight excluding hydrogens is 246 g/mol. The molecule has 1 aromatic heterocycles. The SMILES string of the molecule is Nc1nc(CC(F)(F)F)c(C(F)(F)F)s1. The summed E-state index contributed by atoms with van der Waals surface area (Å²) in [5.74, 6) is 0. The molecule has 15 heavy (non-hydrogen) atoms. The molecule has 0 unspecified atom stereocenters. The number of rotatable bonds is 1. The number of aromatic nitrogens is 1. The molecule has 0 atom stereocenters. The number of anilines is 1. The van der Waals surface area contributed by atoms with Gasteiger partial charge in [-0.25, -0.2) is 4.98 Å². The molecule has 2 nitrogen and oxygen atoms in total. The standard InChI is InChI=1S/C6H4F6N2S/c7-5(8,9)1-2-3(6(10,11)12)15-4(13)14-2/h1H2,(H2,13,14). The first-order chi connectivity index (χ1) is 6.59. The van der Waals surface area contributed by atoms with Crippen LogP contribution in [0.4, 0.5) is 31.5 Å². The van der Waals surface area contributed by atoms with E-state index in [2.05, 4.69) is 4.98 Å². The molecule has 0 bridgehead atoms. The van der Waals surface area contributed by atoms with Crippen molar-refractivity contribution in [2.24, 2.45) is 0 Å². The van der Waals surface area contributed by atoms with Crippen molar-refractivity contribution >= 4 is 16.5 Å². The Morgan fingerprint density at radius 3 is 2.07 bits per heavy atom. The molecule has 0 aliphatic carbocycles. The zero-order chi connectivity index (χ0) is 11.9. The van der Waals surface area contributed by atoms with E-state index in [1.807, 2.05) is 0 Å². The van der Waals surface area contributed by atoms with Gasteiger partial charge < -0.3 is 5.73 Å². The van der Waals surface area contributed by atoms with E-state index in [1.165, 1.54) is 0 Å². The van der Waals surface area contributed by atoms with Crippen LogP contribution in [0.15, 0.2) is 0 Å². The Bertz CT molecular complexity index is 351. The van der Waals surface area contributed by atoms with Gasteiger partial charge in [-0.05, 0) is 0 Å². The highest BCUT2D eigenvalue weighted by Gasteiger charge is 2.40. The van der Waals surface area contributed by atoms with Crippen molar-refractivity contribution in [3.63, 3.8) is 0 Å². The highest BCUT2D eigenvalue weighted by molar-refractivity contribution is 7.15. The predicted octanol–water partition coefficient (Wildman–Crippen LogP) is 2.85. The summed E-state index contributed by atoms with van der Waals surface area (Å²) in [5.41, 5.74) is 3.86. The minimum absolute atomic E-state index is 0.00366. The fourth-order valence-corrected chi connectivity index (χ4v) is 1.62. The number of alkyl halides is 6. The number of thiazole rings is 1. The Kier molecular flexibility index (Phi) is 2.85. The van der Waals surface area contributed by atoms with Crippen molar-refractivity contribution in [2.75, 3.05) is 5.73 Å². The van der Waals surface area contributed by atoms with Crippen molar-refractivity contribution in [3.05, 3.63) is 10.6 Å². The quantitative estimate of drug-likeness (QED) is 0.778. The van der Waals surface area contributed by atoms with Crippen LogP contribution in [0.2, 0.25) is 0 Å². The summed E-state index contributed by atoms with van der Waals surface area (Å²) >= 11 is 0.00366. The highest BCUT2D eigenvalue weighted by atomic mass is 32.1. The van der Waals surface area contributed by atoms with Crippen LogP contribution in [0.3, 0.4) is 0 Å². The maximum absolute atomic E-state index is 12.2. The Labute approximate surface area is 83.7 Å². The molecule has 2 N–H and O–H groups in total. The van der Waals surface area contributed by atoms with Crippen LogP contribution in [-0.2, 0) is 12.6 Å². The topological polar surface area (TPSA) is 38.9 Å². The van der Waals surface area contributed by atoms with Crippen molar-refractivity contribution in [2.45, 2.75) is 18.8 Å². The molecular formula is C6H4F6N2S. The molecule has 0 spiro atoms.